The number of nitrogens with zero attached hydrogens (tertiary/aromatic N) is 1. The summed E-state index contributed by atoms with van der Waals surface area (Å²) < 4.78 is 28.8. The molecular formula is C13H23N3O2S2. The van der Waals surface area contributed by atoms with Crippen LogP contribution in [-0.2, 0) is 16.8 Å². The van der Waals surface area contributed by atoms with E-state index in [1.165, 1.54) is 14.7 Å². The molecule has 5 nitrogen and oxygen atoms in total. The fourth-order valence-electron chi connectivity index (χ4n) is 2.43. The van der Waals surface area contributed by atoms with Crippen molar-refractivity contribution in [2.24, 2.45) is 11.7 Å². The number of hydrogen-bond acceptors (Lipinski definition) is 4. The Bertz CT molecular complexity index is 534. The van der Waals surface area contributed by atoms with Crippen molar-refractivity contribution in [3.05, 3.63) is 21.4 Å². The molecule has 1 fully saturated rings. The topological polar surface area (TPSA) is 75.4 Å². The van der Waals surface area contributed by atoms with Crippen LogP contribution in [0.1, 0.15) is 28.2 Å². The quantitative estimate of drug-likeness (QED) is 0.861. The maximum absolute atomic E-state index is 12.3. The summed E-state index contributed by atoms with van der Waals surface area (Å²) in [6.45, 7) is 6.14. The molecule has 0 aromatic carbocycles. The van der Waals surface area contributed by atoms with Gasteiger partial charge in [0, 0.05) is 29.4 Å². The van der Waals surface area contributed by atoms with Gasteiger partial charge in [0.1, 0.15) is 0 Å². The zero-order chi connectivity index (χ0) is 14.8. The Morgan fingerprint density at radius 2 is 2.25 bits per heavy atom. The van der Waals surface area contributed by atoms with Crippen LogP contribution >= 0.6 is 11.3 Å². The molecule has 7 heteroatoms. The van der Waals surface area contributed by atoms with Gasteiger partial charge in [-0.3, -0.25) is 0 Å². The van der Waals surface area contributed by atoms with Crippen LogP contribution in [0.3, 0.4) is 0 Å². The predicted octanol–water partition coefficient (Wildman–Crippen LogP) is 1.37. The smallest absolute Gasteiger partial charge is 0.279 e. The van der Waals surface area contributed by atoms with E-state index in [9.17, 15) is 8.42 Å². The number of rotatable bonds is 5. The van der Waals surface area contributed by atoms with E-state index in [0.29, 0.717) is 26.2 Å². The second-order valence-corrected chi connectivity index (χ2v) is 8.48. The Morgan fingerprint density at radius 1 is 1.50 bits per heavy atom. The van der Waals surface area contributed by atoms with Crippen molar-refractivity contribution in [2.45, 2.75) is 33.2 Å². The van der Waals surface area contributed by atoms with Crippen LogP contribution in [0.25, 0.3) is 0 Å². The van der Waals surface area contributed by atoms with Crippen molar-refractivity contribution in [1.82, 2.24) is 9.03 Å². The van der Waals surface area contributed by atoms with Gasteiger partial charge in [-0.25, -0.2) is 0 Å². The minimum Gasteiger partial charge on any atom is -0.330 e. The molecule has 1 aromatic rings. The van der Waals surface area contributed by atoms with E-state index in [2.05, 4.69) is 11.6 Å². The SMILES string of the molecule is Cc1cc(CNS(=O)(=O)N2CCCC(CN)C2)sc1C. The standard InChI is InChI=1S/C13H23N3O2S2/c1-10-6-13(19-11(10)2)8-15-20(17,18)16-5-3-4-12(7-14)9-16/h6,12,15H,3-5,7-9,14H2,1-2H3. The number of nitrogens with one attached hydrogen (secondary N) is 1. The lowest BCUT2D eigenvalue weighted by Gasteiger charge is -2.31. The van der Waals surface area contributed by atoms with Gasteiger partial charge >= 0.3 is 0 Å². The van der Waals surface area contributed by atoms with Crippen molar-refractivity contribution >= 4 is 21.5 Å². The molecule has 1 unspecified atom stereocenters. The second kappa shape index (κ2) is 6.53. The molecule has 0 amide bonds. The van der Waals surface area contributed by atoms with Crippen LogP contribution in [0.2, 0.25) is 0 Å². The number of thiophene rings is 1. The van der Waals surface area contributed by atoms with Crippen molar-refractivity contribution in [1.29, 1.82) is 0 Å². The van der Waals surface area contributed by atoms with Crippen molar-refractivity contribution in [2.75, 3.05) is 19.6 Å². The number of piperidine rings is 1. The Hall–Kier alpha value is -0.470. The first-order chi connectivity index (χ1) is 9.42. The van der Waals surface area contributed by atoms with Crippen molar-refractivity contribution in [3.63, 3.8) is 0 Å². The third-order valence-electron chi connectivity index (χ3n) is 3.80. The number of nitrogens with two attached hydrogens (primary N) is 1. The van der Waals surface area contributed by atoms with Crippen LogP contribution in [0.4, 0.5) is 0 Å². The second-order valence-electron chi connectivity index (χ2n) is 5.38. The molecule has 2 rings (SSSR count). The molecule has 3 N–H and O–H groups in total. The van der Waals surface area contributed by atoms with Gasteiger partial charge in [-0.05, 0) is 50.8 Å². The highest BCUT2D eigenvalue weighted by Gasteiger charge is 2.28. The molecule has 1 saturated heterocycles. The first-order valence-electron chi connectivity index (χ1n) is 6.93. The molecule has 0 spiro atoms. The zero-order valence-electron chi connectivity index (χ0n) is 12.1. The molecular weight excluding hydrogens is 294 g/mol. The molecule has 1 aliphatic heterocycles. The summed E-state index contributed by atoms with van der Waals surface area (Å²) in [5.74, 6) is 0.284. The van der Waals surface area contributed by atoms with E-state index in [1.54, 1.807) is 11.3 Å². The van der Waals surface area contributed by atoms with E-state index < -0.39 is 10.2 Å². The van der Waals surface area contributed by atoms with E-state index in [1.807, 2.05) is 13.0 Å². The summed E-state index contributed by atoms with van der Waals surface area (Å²) in [6.07, 6.45) is 1.91. The van der Waals surface area contributed by atoms with Gasteiger partial charge in [-0.2, -0.15) is 17.4 Å². The highest BCUT2D eigenvalue weighted by molar-refractivity contribution is 7.87. The maximum Gasteiger partial charge on any atom is 0.279 e. The van der Waals surface area contributed by atoms with Crippen LogP contribution in [0.15, 0.2) is 6.07 Å². The summed E-state index contributed by atoms with van der Waals surface area (Å²) >= 11 is 1.64. The average molecular weight is 317 g/mol. The Morgan fingerprint density at radius 3 is 2.85 bits per heavy atom. The van der Waals surface area contributed by atoms with Crippen LogP contribution in [0.5, 0.6) is 0 Å². The van der Waals surface area contributed by atoms with Crippen molar-refractivity contribution in [3.8, 4) is 0 Å². The summed E-state index contributed by atoms with van der Waals surface area (Å²) in [4.78, 5) is 2.29. The fraction of sp³-hybridized carbons (Fsp3) is 0.692. The lowest BCUT2D eigenvalue weighted by Crippen LogP contribution is -2.46. The van der Waals surface area contributed by atoms with Gasteiger partial charge < -0.3 is 5.73 Å². The normalized spacial score (nSPS) is 21.2. The first kappa shape index (κ1) is 15.9. The molecule has 114 valence electrons. The predicted molar refractivity (Wildman–Crippen MR) is 82.9 cm³/mol. The minimum atomic E-state index is -3.39. The van der Waals surface area contributed by atoms with E-state index in [-0.39, 0.29) is 5.92 Å². The Kier molecular flexibility index (Phi) is 5.19. The van der Waals surface area contributed by atoms with Gasteiger partial charge in [0.05, 0.1) is 0 Å². The maximum atomic E-state index is 12.3. The molecule has 0 saturated carbocycles. The summed E-state index contributed by atoms with van der Waals surface area (Å²) in [7, 11) is -3.39. The lowest BCUT2D eigenvalue weighted by atomic mass is 10.0. The molecule has 0 aliphatic carbocycles. The Balaban J connectivity index is 1.96. The van der Waals surface area contributed by atoms with Gasteiger partial charge in [0.15, 0.2) is 0 Å². The molecule has 0 radical (unpaired) electrons. The van der Waals surface area contributed by atoms with Gasteiger partial charge in [-0.15, -0.1) is 11.3 Å². The van der Waals surface area contributed by atoms with Gasteiger partial charge in [0.25, 0.3) is 10.2 Å². The third-order valence-corrected chi connectivity index (χ3v) is 6.47. The fourth-order valence-corrected chi connectivity index (χ4v) is 4.81. The highest BCUT2D eigenvalue weighted by atomic mass is 32.2. The third kappa shape index (κ3) is 3.79. The van der Waals surface area contributed by atoms with Gasteiger partial charge in [0.2, 0.25) is 0 Å². The summed E-state index contributed by atoms with van der Waals surface area (Å²) in [5, 5.41) is 0. The van der Waals surface area contributed by atoms with Crippen LogP contribution in [-0.4, -0.2) is 32.4 Å². The number of aryl methyl sites for hydroxylation is 2. The summed E-state index contributed by atoms with van der Waals surface area (Å²) in [6, 6.07) is 2.04. The van der Waals surface area contributed by atoms with E-state index in [0.717, 1.165) is 17.7 Å². The first-order valence-corrected chi connectivity index (χ1v) is 9.18. The van der Waals surface area contributed by atoms with Crippen LogP contribution in [0, 0.1) is 19.8 Å². The van der Waals surface area contributed by atoms with Crippen LogP contribution < -0.4 is 10.5 Å². The molecule has 0 bridgehead atoms. The van der Waals surface area contributed by atoms with Crippen molar-refractivity contribution < 1.29 is 8.42 Å². The monoisotopic (exact) mass is 317 g/mol. The zero-order valence-corrected chi connectivity index (χ0v) is 13.7. The number of hydrogen-bond donors (Lipinski definition) is 2. The highest BCUT2D eigenvalue weighted by Crippen LogP contribution is 2.21. The molecule has 1 aliphatic rings. The molecule has 1 aromatic heterocycles. The molecule has 20 heavy (non-hydrogen) atoms. The minimum absolute atomic E-state index is 0.284. The summed E-state index contributed by atoms with van der Waals surface area (Å²) in [5.41, 5.74) is 6.87. The lowest BCUT2D eigenvalue weighted by molar-refractivity contribution is 0.268. The largest absolute Gasteiger partial charge is 0.330 e. The molecule has 1 atom stereocenters. The van der Waals surface area contributed by atoms with Gasteiger partial charge in [-0.1, -0.05) is 0 Å². The average Bonchev–Trinajstić information content (AvgIpc) is 2.76. The van der Waals surface area contributed by atoms with E-state index >= 15 is 0 Å². The van der Waals surface area contributed by atoms with E-state index in [4.69, 9.17) is 5.73 Å². The Labute approximate surface area is 125 Å². The molecule has 2 heterocycles.